The molecule has 1 saturated heterocycles. The zero-order chi connectivity index (χ0) is 23.7. The van der Waals surface area contributed by atoms with E-state index < -0.39 is 10.0 Å². The van der Waals surface area contributed by atoms with Crippen LogP contribution in [0.4, 0.5) is 5.69 Å². The molecule has 2 aromatic heterocycles. The molecule has 10 heteroatoms. The Hall–Kier alpha value is -3.60. The summed E-state index contributed by atoms with van der Waals surface area (Å²) in [5.74, 6) is -0.312. The van der Waals surface area contributed by atoms with Crippen molar-refractivity contribution in [3.63, 3.8) is 0 Å². The molecule has 174 valence electrons. The maximum Gasteiger partial charge on any atom is 0.256 e. The molecule has 2 aromatic carbocycles. The van der Waals surface area contributed by atoms with Crippen molar-refractivity contribution in [2.24, 2.45) is 7.05 Å². The van der Waals surface area contributed by atoms with Crippen molar-refractivity contribution in [3.05, 3.63) is 72.6 Å². The third kappa shape index (κ3) is 4.30. The predicted octanol–water partition coefficient (Wildman–Crippen LogP) is 2.91. The summed E-state index contributed by atoms with van der Waals surface area (Å²) in [7, 11) is -1.78. The van der Waals surface area contributed by atoms with E-state index in [1.807, 2.05) is 37.5 Å². The Morgan fingerprint density at radius 3 is 2.50 bits per heavy atom. The van der Waals surface area contributed by atoms with Gasteiger partial charge < -0.3 is 10.1 Å². The van der Waals surface area contributed by atoms with Crippen molar-refractivity contribution in [1.29, 1.82) is 0 Å². The molecule has 0 saturated carbocycles. The minimum atomic E-state index is -3.60. The van der Waals surface area contributed by atoms with E-state index in [1.54, 1.807) is 29.1 Å². The van der Waals surface area contributed by atoms with Gasteiger partial charge in [0, 0.05) is 43.0 Å². The number of amides is 1. The number of ether oxygens (including phenoxy) is 1. The molecule has 1 amide bonds. The second-order valence-electron chi connectivity index (χ2n) is 7.97. The lowest BCUT2D eigenvalue weighted by molar-refractivity contribution is 0.0730. The van der Waals surface area contributed by atoms with E-state index >= 15 is 0 Å². The van der Waals surface area contributed by atoms with Crippen LogP contribution in [0.25, 0.3) is 22.2 Å². The van der Waals surface area contributed by atoms with Gasteiger partial charge in [0.25, 0.3) is 5.91 Å². The molecular weight excluding hydrogens is 454 g/mol. The second kappa shape index (κ2) is 8.98. The van der Waals surface area contributed by atoms with Crippen molar-refractivity contribution in [3.8, 4) is 11.3 Å². The van der Waals surface area contributed by atoms with Gasteiger partial charge in [0.05, 0.1) is 41.1 Å². The van der Waals surface area contributed by atoms with Gasteiger partial charge in [-0.1, -0.05) is 18.2 Å². The van der Waals surface area contributed by atoms with Gasteiger partial charge in [0.2, 0.25) is 10.0 Å². The number of morpholine rings is 1. The molecule has 1 aliphatic heterocycles. The van der Waals surface area contributed by atoms with Crippen LogP contribution in [-0.2, 0) is 21.8 Å². The Morgan fingerprint density at radius 1 is 1.06 bits per heavy atom. The number of aromatic nitrogens is 3. The van der Waals surface area contributed by atoms with Crippen molar-refractivity contribution in [1.82, 2.24) is 19.1 Å². The zero-order valence-corrected chi connectivity index (χ0v) is 19.3. The first-order chi connectivity index (χ1) is 16.4. The number of anilines is 1. The molecular formula is C24H23N5O4S. The van der Waals surface area contributed by atoms with Crippen LogP contribution in [-0.4, -0.2) is 59.7 Å². The Balaban J connectivity index is 1.42. The Labute approximate surface area is 197 Å². The predicted molar refractivity (Wildman–Crippen MR) is 128 cm³/mol. The highest BCUT2D eigenvalue weighted by molar-refractivity contribution is 7.89. The Kier molecular flexibility index (Phi) is 5.86. The molecule has 4 aromatic rings. The number of carbonyl (C=O) groups excluding carboxylic acids is 1. The number of carbonyl (C=O) groups is 1. The first-order valence-corrected chi connectivity index (χ1v) is 12.2. The van der Waals surface area contributed by atoms with Crippen LogP contribution < -0.4 is 5.32 Å². The SMILES string of the molecule is Cn1cc(-c2cc(C(=O)Nc3ccc(S(=O)(=O)N4CCOCC4)cc3)c3ccccc3n2)cn1. The molecule has 0 atom stereocenters. The summed E-state index contributed by atoms with van der Waals surface area (Å²) in [6.07, 6.45) is 3.54. The van der Waals surface area contributed by atoms with Gasteiger partial charge in [-0.3, -0.25) is 9.48 Å². The fourth-order valence-corrected chi connectivity index (χ4v) is 5.32. The van der Waals surface area contributed by atoms with E-state index in [2.05, 4.69) is 15.4 Å². The van der Waals surface area contributed by atoms with Crippen LogP contribution in [0.15, 0.2) is 71.9 Å². The maximum atomic E-state index is 13.2. The number of sulfonamides is 1. The van der Waals surface area contributed by atoms with Gasteiger partial charge in [0.15, 0.2) is 0 Å². The number of rotatable bonds is 5. The van der Waals surface area contributed by atoms with Crippen molar-refractivity contribution in [2.45, 2.75) is 4.90 Å². The molecule has 0 bridgehead atoms. The molecule has 0 radical (unpaired) electrons. The van der Waals surface area contributed by atoms with Crippen LogP contribution in [0.5, 0.6) is 0 Å². The number of hydrogen-bond donors (Lipinski definition) is 1. The van der Waals surface area contributed by atoms with E-state index in [0.29, 0.717) is 48.8 Å². The molecule has 0 aliphatic carbocycles. The molecule has 3 heterocycles. The van der Waals surface area contributed by atoms with E-state index in [0.717, 1.165) is 10.9 Å². The summed E-state index contributed by atoms with van der Waals surface area (Å²) in [6, 6.07) is 15.4. The van der Waals surface area contributed by atoms with E-state index in [1.165, 1.54) is 16.4 Å². The maximum absolute atomic E-state index is 13.2. The first kappa shape index (κ1) is 22.2. The van der Waals surface area contributed by atoms with Crippen molar-refractivity contribution >= 4 is 32.5 Å². The van der Waals surface area contributed by atoms with Crippen LogP contribution in [0.1, 0.15) is 10.4 Å². The number of aryl methyl sites for hydroxylation is 1. The first-order valence-electron chi connectivity index (χ1n) is 10.8. The smallest absolute Gasteiger partial charge is 0.256 e. The highest BCUT2D eigenvalue weighted by Crippen LogP contribution is 2.26. The Morgan fingerprint density at radius 2 is 1.79 bits per heavy atom. The number of para-hydroxylation sites is 1. The molecule has 0 unspecified atom stereocenters. The fraction of sp³-hybridized carbons (Fsp3) is 0.208. The van der Waals surface area contributed by atoms with Crippen LogP contribution >= 0.6 is 0 Å². The lowest BCUT2D eigenvalue weighted by Crippen LogP contribution is -2.40. The average Bonchev–Trinajstić information content (AvgIpc) is 3.30. The third-order valence-electron chi connectivity index (χ3n) is 5.68. The topological polar surface area (TPSA) is 106 Å². The Bertz CT molecular complexity index is 1460. The van der Waals surface area contributed by atoms with E-state index in [9.17, 15) is 13.2 Å². The highest BCUT2D eigenvalue weighted by atomic mass is 32.2. The largest absolute Gasteiger partial charge is 0.379 e. The molecule has 34 heavy (non-hydrogen) atoms. The van der Waals surface area contributed by atoms with Crippen LogP contribution in [0.2, 0.25) is 0 Å². The minimum absolute atomic E-state index is 0.181. The zero-order valence-electron chi connectivity index (χ0n) is 18.5. The van der Waals surface area contributed by atoms with Crippen LogP contribution in [0, 0.1) is 0 Å². The van der Waals surface area contributed by atoms with Gasteiger partial charge in [-0.15, -0.1) is 0 Å². The summed E-state index contributed by atoms with van der Waals surface area (Å²) in [6.45, 7) is 1.42. The number of benzene rings is 2. The van der Waals surface area contributed by atoms with E-state index in [-0.39, 0.29) is 10.8 Å². The number of pyridine rings is 1. The number of nitrogens with zero attached hydrogens (tertiary/aromatic N) is 4. The monoisotopic (exact) mass is 477 g/mol. The second-order valence-corrected chi connectivity index (χ2v) is 9.91. The molecule has 9 nitrogen and oxygen atoms in total. The summed E-state index contributed by atoms with van der Waals surface area (Å²) >= 11 is 0. The summed E-state index contributed by atoms with van der Waals surface area (Å²) in [5, 5.41) is 7.79. The van der Waals surface area contributed by atoms with Gasteiger partial charge in [-0.25, -0.2) is 13.4 Å². The molecule has 5 rings (SSSR count). The minimum Gasteiger partial charge on any atom is -0.379 e. The van der Waals surface area contributed by atoms with Gasteiger partial charge in [-0.2, -0.15) is 9.40 Å². The van der Waals surface area contributed by atoms with E-state index in [4.69, 9.17) is 4.74 Å². The molecule has 1 N–H and O–H groups in total. The third-order valence-corrected chi connectivity index (χ3v) is 7.59. The highest BCUT2D eigenvalue weighted by Gasteiger charge is 2.26. The number of nitrogens with one attached hydrogen (secondary N) is 1. The fourth-order valence-electron chi connectivity index (χ4n) is 3.91. The standard InChI is InChI=1S/C24H23N5O4S/c1-28-16-17(15-25-28)23-14-21(20-4-2-3-5-22(20)27-23)24(30)26-18-6-8-19(9-7-18)34(31,32)29-10-12-33-13-11-29/h2-9,14-16H,10-13H2,1H3,(H,26,30). The lowest BCUT2D eigenvalue weighted by Gasteiger charge is -2.26. The summed E-state index contributed by atoms with van der Waals surface area (Å²) in [4.78, 5) is 18.1. The van der Waals surface area contributed by atoms with Crippen LogP contribution in [0.3, 0.4) is 0 Å². The van der Waals surface area contributed by atoms with Gasteiger partial charge in [-0.05, 0) is 36.4 Å². The number of fused-ring (bicyclic) bond motifs is 1. The normalized spacial score (nSPS) is 14.9. The summed E-state index contributed by atoms with van der Waals surface area (Å²) in [5.41, 5.74) is 3.11. The quantitative estimate of drug-likeness (QED) is 0.474. The van der Waals surface area contributed by atoms with Crippen molar-refractivity contribution < 1.29 is 17.9 Å². The van der Waals surface area contributed by atoms with Crippen molar-refractivity contribution in [2.75, 3.05) is 31.6 Å². The summed E-state index contributed by atoms with van der Waals surface area (Å²) < 4.78 is 34.0. The van der Waals surface area contributed by atoms with Gasteiger partial charge >= 0.3 is 0 Å². The van der Waals surface area contributed by atoms with Gasteiger partial charge in [0.1, 0.15) is 0 Å². The number of hydrogen-bond acceptors (Lipinski definition) is 6. The molecule has 0 spiro atoms. The molecule has 1 aliphatic rings. The average molecular weight is 478 g/mol. The molecule has 1 fully saturated rings. The lowest BCUT2D eigenvalue weighted by atomic mass is 10.0.